The molecule has 2 amide bonds. The van der Waals surface area contributed by atoms with Crippen LogP contribution in [0.3, 0.4) is 0 Å². The van der Waals surface area contributed by atoms with Gasteiger partial charge in [-0.1, -0.05) is 19.1 Å². The van der Waals surface area contributed by atoms with Crippen molar-refractivity contribution in [2.75, 3.05) is 26.9 Å². The Morgan fingerprint density at radius 3 is 2.44 bits per heavy atom. The van der Waals surface area contributed by atoms with Gasteiger partial charge in [0.15, 0.2) is 23.0 Å². The number of fused-ring (bicyclic) bond motifs is 1. The summed E-state index contributed by atoms with van der Waals surface area (Å²) in [6.07, 6.45) is 3.95. The molecule has 0 bridgehead atoms. The Balaban J connectivity index is 1.69. The van der Waals surface area contributed by atoms with E-state index in [2.05, 4.69) is 12.2 Å². The average Bonchev–Trinajstić information content (AvgIpc) is 3.37. The summed E-state index contributed by atoms with van der Waals surface area (Å²) in [6.45, 7) is 2.55. The smallest absolute Gasteiger partial charge is 0.247 e. The van der Waals surface area contributed by atoms with Crippen molar-refractivity contribution in [2.45, 2.75) is 51.2 Å². The maximum Gasteiger partial charge on any atom is 0.247 e. The van der Waals surface area contributed by atoms with Crippen molar-refractivity contribution in [2.24, 2.45) is 5.92 Å². The molecule has 0 aromatic heterocycles. The van der Waals surface area contributed by atoms with Crippen molar-refractivity contribution in [3.8, 4) is 23.0 Å². The fraction of sp³-hybridized carbons (Fsp3) is 0.481. The zero-order valence-corrected chi connectivity index (χ0v) is 21.7. The predicted molar refractivity (Wildman–Crippen MR) is 136 cm³/mol. The van der Waals surface area contributed by atoms with Crippen LogP contribution in [0.5, 0.6) is 23.0 Å². The van der Waals surface area contributed by atoms with E-state index in [0.29, 0.717) is 34.5 Å². The van der Waals surface area contributed by atoms with Crippen molar-refractivity contribution in [1.82, 2.24) is 10.2 Å². The largest absolute Gasteiger partial charge is 0.493 e. The van der Waals surface area contributed by atoms with E-state index >= 15 is 0 Å². The number of carbonyl (C=O) groups excluding carboxylic acids is 2. The summed E-state index contributed by atoms with van der Waals surface area (Å²) in [5, 5.41) is 3.20. The van der Waals surface area contributed by atoms with Gasteiger partial charge in [0.1, 0.15) is 11.9 Å². The molecule has 1 fully saturated rings. The number of hydrogen-bond acceptors (Lipinski definition) is 6. The van der Waals surface area contributed by atoms with Gasteiger partial charge in [-0.15, -0.1) is 11.6 Å². The minimum atomic E-state index is -0.916. The number of rotatable bonds is 9. The van der Waals surface area contributed by atoms with Crippen molar-refractivity contribution in [3.05, 3.63) is 47.5 Å². The van der Waals surface area contributed by atoms with Gasteiger partial charge in [-0.3, -0.25) is 9.59 Å². The van der Waals surface area contributed by atoms with E-state index in [1.807, 2.05) is 12.1 Å². The molecule has 9 heteroatoms. The highest BCUT2D eigenvalue weighted by molar-refractivity contribution is 6.27. The molecule has 1 aliphatic heterocycles. The molecular weight excluding hydrogens is 484 g/mol. The van der Waals surface area contributed by atoms with Crippen molar-refractivity contribution < 1.29 is 28.5 Å². The zero-order chi connectivity index (χ0) is 25.7. The molecule has 2 aliphatic rings. The molecule has 0 unspecified atom stereocenters. The fourth-order valence-corrected chi connectivity index (χ4v) is 4.97. The highest BCUT2D eigenvalue weighted by atomic mass is 35.5. The Morgan fingerprint density at radius 2 is 1.75 bits per heavy atom. The van der Waals surface area contributed by atoms with E-state index in [0.717, 1.165) is 31.2 Å². The lowest BCUT2D eigenvalue weighted by Crippen LogP contribution is -2.47. The maximum absolute atomic E-state index is 13.8. The molecule has 194 valence electrons. The number of ether oxygens (including phenoxy) is 4. The molecule has 1 aliphatic carbocycles. The van der Waals surface area contributed by atoms with E-state index in [1.54, 1.807) is 31.4 Å². The number of alkyl halides is 1. The number of carbonyl (C=O) groups is 2. The predicted octanol–water partition coefficient (Wildman–Crippen LogP) is 4.44. The second kappa shape index (κ2) is 11.7. The molecule has 0 spiro atoms. The molecule has 2 aromatic rings. The molecule has 4 rings (SSSR count). The van der Waals surface area contributed by atoms with Crippen LogP contribution in [-0.2, 0) is 16.1 Å². The lowest BCUT2D eigenvalue weighted by atomic mass is 9.87. The highest BCUT2D eigenvalue weighted by Gasteiger charge is 2.34. The topological polar surface area (TPSA) is 86.3 Å². The first kappa shape index (κ1) is 25.9. The minimum absolute atomic E-state index is 0.0647. The number of benzene rings is 2. The molecule has 2 aromatic carbocycles. The monoisotopic (exact) mass is 516 g/mol. The van der Waals surface area contributed by atoms with Gasteiger partial charge in [-0.25, -0.2) is 0 Å². The lowest BCUT2D eigenvalue weighted by Gasteiger charge is -2.34. The Labute approximate surface area is 216 Å². The van der Waals surface area contributed by atoms with Gasteiger partial charge < -0.3 is 29.2 Å². The second-order valence-corrected chi connectivity index (χ2v) is 9.59. The van der Waals surface area contributed by atoms with Gasteiger partial charge in [0.05, 0.1) is 14.2 Å². The van der Waals surface area contributed by atoms with Gasteiger partial charge in [0.2, 0.25) is 18.6 Å². The van der Waals surface area contributed by atoms with Crippen LogP contribution < -0.4 is 24.3 Å². The Bertz CT molecular complexity index is 1090. The standard InChI is InChI=1S/C27H33ClN2O6/c1-17-4-8-20(9-5-17)29-27(32)26(19-7-11-21(33-2)23(13-19)34-3)30(25(31)14-28)15-18-6-10-22-24(12-18)36-16-35-22/h6-7,10-13,17,20,26H,4-5,8-9,14-16H2,1-3H3,(H,29,32)/t17?,20?,26-/m1/s1. The van der Waals surface area contributed by atoms with Crippen LogP contribution in [-0.4, -0.2) is 49.6 Å². The lowest BCUT2D eigenvalue weighted by molar-refractivity contribution is -0.140. The quantitative estimate of drug-likeness (QED) is 0.496. The number of nitrogens with one attached hydrogen (secondary N) is 1. The Morgan fingerprint density at radius 1 is 1.03 bits per heavy atom. The number of halogens is 1. The number of methoxy groups -OCH3 is 2. The summed E-state index contributed by atoms with van der Waals surface area (Å²) in [7, 11) is 3.09. The van der Waals surface area contributed by atoms with Crippen LogP contribution in [0.1, 0.15) is 49.8 Å². The van der Waals surface area contributed by atoms with Crippen LogP contribution in [0.15, 0.2) is 36.4 Å². The molecule has 0 saturated heterocycles. The van der Waals surface area contributed by atoms with E-state index in [9.17, 15) is 9.59 Å². The molecule has 0 radical (unpaired) electrons. The summed E-state index contributed by atoms with van der Waals surface area (Å²) in [4.78, 5) is 28.5. The number of hydrogen-bond donors (Lipinski definition) is 1. The number of nitrogens with zero attached hydrogens (tertiary/aromatic N) is 1. The van der Waals surface area contributed by atoms with Crippen LogP contribution in [0, 0.1) is 5.92 Å². The third-order valence-electron chi connectivity index (χ3n) is 6.87. The maximum atomic E-state index is 13.8. The van der Waals surface area contributed by atoms with Crippen molar-refractivity contribution in [1.29, 1.82) is 0 Å². The number of amides is 2. The van der Waals surface area contributed by atoms with Crippen molar-refractivity contribution >= 4 is 23.4 Å². The summed E-state index contributed by atoms with van der Waals surface area (Å²) < 4.78 is 21.8. The minimum Gasteiger partial charge on any atom is -0.493 e. The first-order chi connectivity index (χ1) is 17.4. The molecule has 1 N–H and O–H groups in total. The second-order valence-electron chi connectivity index (χ2n) is 9.33. The third-order valence-corrected chi connectivity index (χ3v) is 7.10. The molecule has 1 saturated carbocycles. The molecule has 1 heterocycles. The van der Waals surface area contributed by atoms with E-state index in [4.69, 9.17) is 30.5 Å². The van der Waals surface area contributed by atoms with Gasteiger partial charge in [-0.05, 0) is 67.0 Å². The molecule has 8 nitrogen and oxygen atoms in total. The summed E-state index contributed by atoms with van der Waals surface area (Å²) in [6, 6.07) is 9.88. The van der Waals surface area contributed by atoms with Gasteiger partial charge in [0, 0.05) is 12.6 Å². The van der Waals surface area contributed by atoms with Crippen LogP contribution in [0.4, 0.5) is 0 Å². The van der Waals surface area contributed by atoms with Crippen LogP contribution >= 0.6 is 11.6 Å². The van der Waals surface area contributed by atoms with Crippen molar-refractivity contribution in [3.63, 3.8) is 0 Å². The third kappa shape index (κ3) is 5.81. The summed E-state index contributed by atoms with van der Waals surface area (Å²) in [5.41, 5.74) is 1.40. The molecule has 1 atom stereocenters. The summed E-state index contributed by atoms with van der Waals surface area (Å²) >= 11 is 6.04. The molecular formula is C27H33ClN2O6. The van der Waals surface area contributed by atoms with Gasteiger partial charge >= 0.3 is 0 Å². The normalized spacial score (nSPS) is 19.3. The first-order valence-corrected chi connectivity index (χ1v) is 12.7. The van der Waals surface area contributed by atoms with Crippen LogP contribution in [0.2, 0.25) is 0 Å². The Kier molecular flexibility index (Phi) is 8.46. The van der Waals surface area contributed by atoms with E-state index < -0.39 is 6.04 Å². The first-order valence-electron chi connectivity index (χ1n) is 12.2. The fourth-order valence-electron chi connectivity index (χ4n) is 4.82. The highest BCUT2D eigenvalue weighted by Crippen LogP contribution is 2.36. The van der Waals surface area contributed by atoms with Gasteiger partial charge in [0.25, 0.3) is 0 Å². The Hall–Kier alpha value is -3.13. The molecule has 36 heavy (non-hydrogen) atoms. The zero-order valence-electron chi connectivity index (χ0n) is 20.9. The van der Waals surface area contributed by atoms with E-state index in [-0.39, 0.29) is 37.1 Å². The van der Waals surface area contributed by atoms with E-state index in [1.165, 1.54) is 12.0 Å². The van der Waals surface area contributed by atoms with Gasteiger partial charge in [-0.2, -0.15) is 0 Å². The van der Waals surface area contributed by atoms with Crippen LogP contribution in [0.25, 0.3) is 0 Å². The summed E-state index contributed by atoms with van der Waals surface area (Å²) in [5.74, 6) is 2.04. The average molecular weight is 517 g/mol. The SMILES string of the molecule is COc1ccc([C@H](C(=O)NC2CCC(C)CC2)N(Cc2ccc3c(c2)OCO3)C(=O)CCl)cc1OC.